The van der Waals surface area contributed by atoms with Crippen molar-refractivity contribution < 1.29 is 14.3 Å². The Morgan fingerprint density at radius 2 is 2.29 bits per heavy atom. The van der Waals surface area contributed by atoms with Gasteiger partial charge in [-0.1, -0.05) is 0 Å². The molecular weight excluding hydrogens is 220 g/mol. The fourth-order valence-electron chi connectivity index (χ4n) is 1.61. The maximum atomic E-state index is 11.9. The third kappa shape index (κ3) is 5.05. The Morgan fingerprint density at radius 1 is 1.59 bits per heavy atom. The van der Waals surface area contributed by atoms with E-state index in [4.69, 9.17) is 14.7 Å². The molecule has 0 radical (unpaired) electrons. The molecule has 1 aliphatic rings. The van der Waals surface area contributed by atoms with Crippen molar-refractivity contribution in [3.05, 3.63) is 0 Å². The van der Waals surface area contributed by atoms with Gasteiger partial charge in [0.25, 0.3) is 0 Å². The zero-order valence-corrected chi connectivity index (χ0v) is 10.7. The molecule has 1 amide bonds. The van der Waals surface area contributed by atoms with E-state index >= 15 is 0 Å². The van der Waals surface area contributed by atoms with E-state index in [1.165, 1.54) is 0 Å². The van der Waals surface area contributed by atoms with Gasteiger partial charge in [0.2, 0.25) is 0 Å². The summed E-state index contributed by atoms with van der Waals surface area (Å²) >= 11 is 0. The van der Waals surface area contributed by atoms with E-state index in [1.54, 1.807) is 4.90 Å². The molecule has 1 heterocycles. The van der Waals surface area contributed by atoms with E-state index < -0.39 is 5.60 Å². The molecule has 0 spiro atoms. The predicted molar refractivity (Wildman–Crippen MR) is 62.4 cm³/mol. The molecule has 0 saturated carbocycles. The summed E-state index contributed by atoms with van der Waals surface area (Å²) in [6, 6.07) is 2.07. The molecular formula is C12H20N2O3. The van der Waals surface area contributed by atoms with Crippen LogP contribution in [0.3, 0.4) is 0 Å². The number of carbonyl (C=O) groups excluding carboxylic acids is 1. The molecule has 96 valence electrons. The number of ether oxygens (including phenoxy) is 2. The van der Waals surface area contributed by atoms with Crippen LogP contribution in [0, 0.1) is 11.3 Å². The fourth-order valence-corrected chi connectivity index (χ4v) is 1.61. The van der Waals surface area contributed by atoms with Gasteiger partial charge in [0.15, 0.2) is 0 Å². The molecule has 1 saturated heterocycles. The molecule has 1 rings (SSSR count). The lowest BCUT2D eigenvalue weighted by Gasteiger charge is -2.27. The highest BCUT2D eigenvalue weighted by molar-refractivity contribution is 5.68. The first-order chi connectivity index (χ1) is 7.92. The number of nitriles is 1. The SMILES string of the molecule is CC(C)(C)OC(=O)N1CCCOC(CC#N)C1. The summed E-state index contributed by atoms with van der Waals surface area (Å²) in [6.45, 7) is 7.16. The van der Waals surface area contributed by atoms with E-state index in [9.17, 15) is 4.79 Å². The lowest BCUT2D eigenvalue weighted by atomic mass is 10.2. The van der Waals surface area contributed by atoms with Crippen LogP contribution in [0.15, 0.2) is 0 Å². The predicted octanol–water partition coefficient (Wildman–Crippen LogP) is 1.93. The minimum Gasteiger partial charge on any atom is -0.444 e. The number of nitrogens with zero attached hydrogens (tertiary/aromatic N) is 2. The van der Waals surface area contributed by atoms with Gasteiger partial charge in [-0.3, -0.25) is 0 Å². The maximum absolute atomic E-state index is 11.9. The summed E-state index contributed by atoms with van der Waals surface area (Å²) in [5.74, 6) is 0. The zero-order valence-electron chi connectivity index (χ0n) is 10.7. The first kappa shape index (κ1) is 13.8. The number of amides is 1. The smallest absolute Gasteiger partial charge is 0.410 e. The standard InChI is InChI=1S/C12H20N2O3/c1-12(2,3)17-11(15)14-7-4-8-16-10(9-14)5-6-13/h10H,4-5,7-9H2,1-3H3. The van der Waals surface area contributed by atoms with Gasteiger partial charge in [-0.2, -0.15) is 5.26 Å². The van der Waals surface area contributed by atoms with E-state index in [2.05, 4.69) is 6.07 Å². The lowest BCUT2D eigenvalue weighted by molar-refractivity contribution is 0.0151. The Morgan fingerprint density at radius 3 is 2.88 bits per heavy atom. The van der Waals surface area contributed by atoms with Crippen molar-refractivity contribution in [1.29, 1.82) is 5.26 Å². The quantitative estimate of drug-likeness (QED) is 0.702. The van der Waals surface area contributed by atoms with E-state index in [0.29, 0.717) is 26.1 Å². The van der Waals surface area contributed by atoms with Crippen molar-refractivity contribution in [2.24, 2.45) is 0 Å². The number of hydrogen-bond acceptors (Lipinski definition) is 4. The van der Waals surface area contributed by atoms with Crippen LogP contribution >= 0.6 is 0 Å². The third-order valence-corrected chi connectivity index (χ3v) is 2.32. The van der Waals surface area contributed by atoms with Crippen molar-refractivity contribution in [2.75, 3.05) is 19.7 Å². The Kier molecular flexibility index (Phi) is 4.76. The second-order valence-corrected chi connectivity index (χ2v) is 5.13. The van der Waals surface area contributed by atoms with Crippen LogP contribution in [0.1, 0.15) is 33.6 Å². The summed E-state index contributed by atoms with van der Waals surface area (Å²) < 4.78 is 10.8. The molecule has 5 heteroatoms. The summed E-state index contributed by atoms with van der Waals surface area (Å²) in [5.41, 5.74) is -0.491. The van der Waals surface area contributed by atoms with Crippen LogP contribution in [0.2, 0.25) is 0 Å². The van der Waals surface area contributed by atoms with Crippen LogP contribution in [-0.4, -0.2) is 42.4 Å². The molecule has 0 aliphatic carbocycles. The first-order valence-corrected chi connectivity index (χ1v) is 5.89. The Bertz CT molecular complexity index is 304. The molecule has 1 atom stereocenters. The molecule has 0 aromatic rings. The van der Waals surface area contributed by atoms with Gasteiger partial charge in [-0.15, -0.1) is 0 Å². The lowest BCUT2D eigenvalue weighted by Crippen LogP contribution is -2.40. The van der Waals surface area contributed by atoms with Crippen molar-refractivity contribution >= 4 is 6.09 Å². The van der Waals surface area contributed by atoms with Crippen LogP contribution in [0.5, 0.6) is 0 Å². The summed E-state index contributed by atoms with van der Waals surface area (Å²) in [5, 5.41) is 8.66. The van der Waals surface area contributed by atoms with E-state index in [1.807, 2.05) is 20.8 Å². The maximum Gasteiger partial charge on any atom is 0.410 e. The van der Waals surface area contributed by atoms with Gasteiger partial charge in [-0.25, -0.2) is 4.79 Å². The van der Waals surface area contributed by atoms with Gasteiger partial charge in [0, 0.05) is 13.2 Å². The molecule has 1 aliphatic heterocycles. The zero-order chi connectivity index (χ0) is 12.9. The average Bonchev–Trinajstić information content (AvgIpc) is 2.41. The topological polar surface area (TPSA) is 62.6 Å². The van der Waals surface area contributed by atoms with Gasteiger partial charge >= 0.3 is 6.09 Å². The minimum atomic E-state index is -0.491. The Balaban J connectivity index is 2.56. The Hall–Kier alpha value is -1.28. The van der Waals surface area contributed by atoms with E-state index in [0.717, 1.165) is 6.42 Å². The minimum absolute atomic E-state index is 0.199. The molecule has 5 nitrogen and oxygen atoms in total. The molecule has 17 heavy (non-hydrogen) atoms. The van der Waals surface area contributed by atoms with Gasteiger partial charge in [-0.05, 0) is 27.2 Å². The highest BCUT2D eigenvalue weighted by Crippen LogP contribution is 2.14. The van der Waals surface area contributed by atoms with Crippen LogP contribution in [0.25, 0.3) is 0 Å². The molecule has 1 fully saturated rings. The molecule has 0 bridgehead atoms. The van der Waals surface area contributed by atoms with Gasteiger partial charge in [0.1, 0.15) is 5.60 Å². The average molecular weight is 240 g/mol. The van der Waals surface area contributed by atoms with Crippen molar-refractivity contribution in [3.63, 3.8) is 0 Å². The van der Waals surface area contributed by atoms with Crippen molar-refractivity contribution in [1.82, 2.24) is 4.90 Å². The second-order valence-electron chi connectivity index (χ2n) is 5.13. The molecule has 0 aromatic heterocycles. The van der Waals surface area contributed by atoms with Crippen LogP contribution < -0.4 is 0 Å². The van der Waals surface area contributed by atoms with Crippen molar-refractivity contribution in [2.45, 2.75) is 45.3 Å². The summed E-state index contributed by atoms with van der Waals surface area (Å²) in [4.78, 5) is 13.5. The fraction of sp³-hybridized carbons (Fsp3) is 0.833. The normalized spacial score (nSPS) is 21.5. The molecule has 0 aromatic carbocycles. The summed E-state index contributed by atoms with van der Waals surface area (Å²) in [7, 11) is 0. The first-order valence-electron chi connectivity index (χ1n) is 5.89. The highest BCUT2D eigenvalue weighted by Gasteiger charge is 2.26. The second kappa shape index (κ2) is 5.87. The van der Waals surface area contributed by atoms with Gasteiger partial charge < -0.3 is 14.4 Å². The van der Waals surface area contributed by atoms with Crippen molar-refractivity contribution in [3.8, 4) is 6.07 Å². The third-order valence-electron chi connectivity index (χ3n) is 2.32. The number of carbonyl (C=O) groups is 1. The Labute approximate surface area is 102 Å². The van der Waals surface area contributed by atoms with Crippen LogP contribution in [-0.2, 0) is 9.47 Å². The summed E-state index contributed by atoms with van der Waals surface area (Å²) in [6.07, 6.45) is 0.557. The monoisotopic (exact) mass is 240 g/mol. The van der Waals surface area contributed by atoms with Crippen LogP contribution in [0.4, 0.5) is 4.79 Å². The largest absolute Gasteiger partial charge is 0.444 e. The number of hydrogen-bond donors (Lipinski definition) is 0. The highest BCUT2D eigenvalue weighted by atomic mass is 16.6. The van der Waals surface area contributed by atoms with E-state index in [-0.39, 0.29) is 12.2 Å². The molecule has 1 unspecified atom stereocenters. The van der Waals surface area contributed by atoms with Gasteiger partial charge in [0.05, 0.1) is 25.1 Å². The molecule has 0 N–H and O–H groups in total. The number of rotatable bonds is 1.